The molecule has 0 amide bonds. The maximum atomic E-state index is 13.1. The van der Waals surface area contributed by atoms with Gasteiger partial charge in [0, 0.05) is 25.7 Å². The second kappa shape index (κ2) is 74.8. The van der Waals surface area contributed by atoms with Crippen molar-refractivity contribution in [3.8, 4) is 0 Å². The van der Waals surface area contributed by atoms with Crippen LogP contribution < -0.4 is 0 Å². The summed E-state index contributed by atoms with van der Waals surface area (Å²) in [5.41, 5.74) is 0. The van der Waals surface area contributed by atoms with Crippen molar-refractivity contribution >= 4 is 39.5 Å². The average molecular weight is 1540 g/mol. The molecule has 0 aliphatic heterocycles. The summed E-state index contributed by atoms with van der Waals surface area (Å²) >= 11 is 0. The van der Waals surface area contributed by atoms with E-state index in [0.717, 1.165) is 120 Å². The molecule has 0 aliphatic rings. The van der Waals surface area contributed by atoms with E-state index in [2.05, 4.69) is 55.4 Å². The summed E-state index contributed by atoms with van der Waals surface area (Å²) in [6, 6.07) is 0. The van der Waals surface area contributed by atoms with Crippen LogP contribution in [0.15, 0.2) is 0 Å². The van der Waals surface area contributed by atoms with E-state index in [9.17, 15) is 43.2 Å². The summed E-state index contributed by atoms with van der Waals surface area (Å²) in [7, 11) is -9.93. The molecule has 0 radical (unpaired) electrons. The molecule has 0 aliphatic carbocycles. The van der Waals surface area contributed by atoms with Crippen LogP contribution in [0, 0.1) is 23.7 Å². The van der Waals surface area contributed by atoms with Crippen molar-refractivity contribution in [2.24, 2.45) is 23.7 Å². The Morgan fingerprint density at radius 3 is 0.676 bits per heavy atom. The van der Waals surface area contributed by atoms with Gasteiger partial charge in [-0.3, -0.25) is 37.3 Å². The fourth-order valence-electron chi connectivity index (χ4n) is 13.3. The number of ether oxygens (including phenoxy) is 4. The molecule has 19 heteroatoms. The van der Waals surface area contributed by atoms with Crippen molar-refractivity contribution in [3.63, 3.8) is 0 Å². The molecule has 624 valence electrons. The summed E-state index contributed by atoms with van der Waals surface area (Å²) in [6.45, 7) is 14.3. The van der Waals surface area contributed by atoms with Gasteiger partial charge in [0.25, 0.3) is 0 Å². The van der Waals surface area contributed by atoms with Crippen LogP contribution in [0.2, 0.25) is 0 Å². The number of aliphatic hydroxyl groups is 1. The van der Waals surface area contributed by atoms with Crippen LogP contribution in [0.25, 0.3) is 0 Å². The Bertz CT molecular complexity index is 2040. The molecule has 3 N–H and O–H groups in total. The predicted molar refractivity (Wildman–Crippen MR) is 432 cm³/mol. The van der Waals surface area contributed by atoms with E-state index in [1.807, 2.05) is 0 Å². The lowest BCUT2D eigenvalue weighted by Crippen LogP contribution is -2.30. The highest BCUT2D eigenvalue weighted by Crippen LogP contribution is 2.45. The van der Waals surface area contributed by atoms with Crippen LogP contribution in [-0.4, -0.2) is 96.7 Å². The summed E-state index contributed by atoms with van der Waals surface area (Å²) in [5, 5.41) is 10.7. The topological polar surface area (TPSA) is 237 Å². The van der Waals surface area contributed by atoms with Gasteiger partial charge in [0.1, 0.15) is 19.3 Å². The van der Waals surface area contributed by atoms with Gasteiger partial charge in [-0.05, 0) is 49.4 Å². The van der Waals surface area contributed by atoms with E-state index in [4.69, 9.17) is 37.0 Å². The maximum Gasteiger partial charge on any atom is 0.472 e. The number of phosphoric acid groups is 2. The summed E-state index contributed by atoms with van der Waals surface area (Å²) in [4.78, 5) is 73.2. The predicted octanol–water partition coefficient (Wildman–Crippen LogP) is 25.9. The summed E-state index contributed by atoms with van der Waals surface area (Å²) in [6.07, 6.45) is 63.9. The number of carbonyl (C=O) groups excluding carboxylic acids is 4. The van der Waals surface area contributed by atoms with Crippen LogP contribution in [-0.2, 0) is 65.4 Å². The minimum atomic E-state index is -4.97. The van der Waals surface area contributed by atoms with Crippen LogP contribution in [0.1, 0.15) is 447 Å². The fourth-order valence-corrected chi connectivity index (χ4v) is 14.9. The number of hydrogen-bond acceptors (Lipinski definition) is 15. The van der Waals surface area contributed by atoms with Crippen molar-refractivity contribution in [1.82, 2.24) is 0 Å². The van der Waals surface area contributed by atoms with E-state index in [0.29, 0.717) is 25.7 Å². The molecule has 0 saturated heterocycles. The molecule has 0 aromatic carbocycles. The Labute approximate surface area is 645 Å². The molecule has 0 aromatic rings. The van der Waals surface area contributed by atoms with Gasteiger partial charge in [0.2, 0.25) is 0 Å². The highest BCUT2D eigenvalue weighted by molar-refractivity contribution is 7.47. The smallest absolute Gasteiger partial charge is 0.462 e. The lowest BCUT2D eigenvalue weighted by Gasteiger charge is -2.21. The third-order valence-electron chi connectivity index (χ3n) is 20.4. The Morgan fingerprint density at radius 1 is 0.267 bits per heavy atom. The minimum Gasteiger partial charge on any atom is -0.462 e. The molecule has 0 saturated carbocycles. The van der Waals surface area contributed by atoms with Gasteiger partial charge in [-0.15, -0.1) is 0 Å². The van der Waals surface area contributed by atoms with Crippen LogP contribution in [0.4, 0.5) is 0 Å². The zero-order valence-electron chi connectivity index (χ0n) is 69.4. The molecule has 0 heterocycles. The van der Waals surface area contributed by atoms with Crippen LogP contribution >= 0.6 is 15.6 Å². The molecular formula is C86H168O17P2. The third-order valence-corrected chi connectivity index (χ3v) is 22.3. The second-order valence-corrected chi connectivity index (χ2v) is 35.5. The largest absolute Gasteiger partial charge is 0.472 e. The number of carbonyl (C=O) groups is 4. The Kier molecular flexibility index (Phi) is 73.4. The lowest BCUT2D eigenvalue weighted by atomic mass is 10.00. The first-order valence-corrected chi connectivity index (χ1v) is 47.2. The van der Waals surface area contributed by atoms with Crippen molar-refractivity contribution < 1.29 is 80.2 Å². The Morgan fingerprint density at radius 2 is 0.457 bits per heavy atom. The van der Waals surface area contributed by atoms with Gasteiger partial charge in [0.05, 0.1) is 26.4 Å². The average Bonchev–Trinajstić information content (AvgIpc) is 0.919. The zero-order chi connectivity index (χ0) is 77.4. The van der Waals surface area contributed by atoms with Crippen molar-refractivity contribution in [2.75, 3.05) is 39.6 Å². The van der Waals surface area contributed by atoms with Crippen molar-refractivity contribution in [3.05, 3.63) is 0 Å². The van der Waals surface area contributed by atoms with E-state index >= 15 is 0 Å². The van der Waals surface area contributed by atoms with Crippen LogP contribution in [0.3, 0.4) is 0 Å². The van der Waals surface area contributed by atoms with Gasteiger partial charge in [-0.25, -0.2) is 9.13 Å². The molecule has 0 fully saturated rings. The number of phosphoric ester groups is 2. The first-order chi connectivity index (χ1) is 50.6. The maximum absolute atomic E-state index is 13.1. The quantitative estimate of drug-likeness (QED) is 0.0222. The van der Waals surface area contributed by atoms with Gasteiger partial charge < -0.3 is 33.8 Å². The van der Waals surface area contributed by atoms with Gasteiger partial charge >= 0.3 is 39.5 Å². The highest BCUT2D eigenvalue weighted by atomic mass is 31.2. The van der Waals surface area contributed by atoms with Crippen LogP contribution in [0.5, 0.6) is 0 Å². The van der Waals surface area contributed by atoms with Gasteiger partial charge in [0.15, 0.2) is 12.2 Å². The molecule has 6 atom stereocenters. The Balaban J connectivity index is 5.22. The molecule has 17 nitrogen and oxygen atoms in total. The minimum absolute atomic E-state index is 0.106. The summed E-state index contributed by atoms with van der Waals surface area (Å²) < 4.78 is 68.9. The lowest BCUT2D eigenvalue weighted by molar-refractivity contribution is -0.161. The fraction of sp³-hybridized carbons (Fsp3) is 0.953. The monoisotopic (exact) mass is 1540 g/mol. The van der Waals surface area contributed by atoms with E-state index < -0.39 is 97.5 Å². The number of unbranched alkanes of at least 4 members (excludes halogenated alkanes) is 48. The molecule has 0 bridgehead atoms. The standard InChI is InChI=1S/C86H168O17P2/c1-9-79(8)65-57-49-44-45-51-59-67-84(89)97-73-82(103-86(91)69-61-53-43-37-31-25-19-17-22-28-34-40-48-56-64-78(6)7)75-101-105(94,95)99-71-80(87)70-98-104(92,93)100-74-81(102-85(90)68-60-52-42-36-30-24-18-16-21-27-33-39-47-55-63-77(4)5)72-96-83(88)66-58-50-41-35-29-23-15-13-11-10-12-14-20-26-32-38-46-54-62-76(2)3/h76-82,87H,9-75H2,1-8H3,(H,92,93)(H,94,95)/t79?,80-,81-,82-/m1/s1. The number of esters is 4. The molecule has 105 heavy (non-hydrogen) atoms. The van der Waals surface area contributed by atoms with Crippen molar-refractivity contribution in [1.29, 1.82) is 0 Å². The summed E-state index contributed by atoms with van der Waals surface area (Å²) in [5.74, 6) is 1.04. The SMILES string of the molecule is CCC(C)CCCCCCCCC(=O)OC[C@H](COP(=O)(O)OC[C@H](O)COP(=O)(O)OC[C@@H](COC(=O)CCCCCCCCCCCCCCCCCCCCC(C)C)OC(=O)CCCCCCCCCCCCCCCCC(C)C)OC(=O)CCCCCCCCCCCCCCCCC(C)C. The first-order valence-electron chi connectivity index (χ1n) is 44.2. The highest BCUT2D eigenvalue weighted by Gasteiger charge is 2.31. The zero-order valence-corrected chi connectivity index (χ0v) is 71.2. The van der Waals surface area contributed by atoms with Gasteiger partial charge in [-0.2, -0.15) is 0 Å². The first kappa shape index (κ1) is 103. The van der Waals surface area contributed by atoms with E-state index in [-0.39, 0.29) is 25.7 Å². The molecule has 0 aromatic heterocycles. The molecular weight excluding hydrogens is 1370 g/mol. The third kappa shape index (κ3) is 78.5. The number of aliphatic hydroxyl groups excluding tert-OH is 1. The van der Waals surface area contributed by atoms with E-state index in [1.165, 1.54) is 244 Å². The second-order valence-electron chi connectivity index (χ2n) is 32.6. The number of hydrogen-bond donors (Lipinski definition) is 3. The van der Waals surface area contributed by atoms with Crippen molar-refractivity contribution in [2.45, 2.75) is 465 Å². The number of rotatable bonds is 83. The normalized spacial score (nSPS) is 14.2. The van der Waals surface area contributed by atoms with E-state index in [1.54, 1.807) is 0 Å². The molecule has 0 rings (SSSR count). The molecule has 0 spiro atoms. The Hall–Kier alpha value is -1.94. The van der Waals surface area contributed by atoms with Gasteiger partial charge in [-0.1, -0.05) is 396 Å². The molecule has 3 unspecified atom stereocenters.